The Morgan fingerprint density at radius 1 is 1.29 bits per heavy atom. The monoisotopic (exact) mass is 305 g/mol. The molecule has 1 aromatic rings. The number of rotatable bonds is 2. The number of hydrogen-bond donors (Lipinski definition) is 1. The van der Waals surface area contributed by atoms with Gasteiger partial charge in [0.25, 0.3) is 5.91 Å². The SMILES string of the molecule is O=C(Nc1ccc(Cl)c(C(F)(F)F)c1)C(Cl)Cl. The third-order valence-electron chi connectivity index (χ3n) is 1.74. The van der Waals surface area contributed by atoms with Crippen LogP contribution in [0.2, 0.25) is 5.02 Å². The van der Waals surface area contributed by atoms with Gasteiger partial charge in [-0.3, -0.25) is 4.79 Å². The lowest BCUT2D eigenvalue weighted by atomic mass is 10.2. The van der Waals surface area contributed by atoms with Crippen molar-refractivity contribution in [2.75, 3.05) is 5.32 Å². The van der Waals surface area contributed by atoms with Gasteiger partial charge in [-0.15, -0.1) is 0 Å². The van der Waals surface area contributed by atoms with Gasteiger partial charge in [-0.25, -0.2) is 0 Å². The fourth-order valence-electron chi connectivity index (χ4n) is 1.02. The summed E-state index contributed by atoms with van der Waals surface area (Å²) in [5.41, 5.74) is -1.13. The first kappa shape index (κ1) is 14.4. The molecule has 0 aliphatic rings. The first-order valence-corrected chi connectivity index (χ1v) is 5.42. The number of halogens is 6. The first-order valence-electron chi connectivity index (χ1n) is 4.17. The van der Waals surface area contributed by atoms with Gasteiger partial charge >= 0.3 is 6.18 Å². The Labute approximate surface area is 110 Å². The van der Waals surface area contributed by atoms with Crippen LogP contribution >= 0.6 is 34.8 Å². The molecule has 0 unspecified atom stereocenters. The van der Waals surface area contributed by atoms with Gasteiger partial charge in [0.15, 0.2) is 4.84 Å². The van der Waals surface area contributed by atoms with Crippen molar-refractivity contribution < 1.29 is 18.0 Å². The van der Waals surface area contributed by atoms with E-state index in [4.69, 9.17) is 34.8 Å². The smallest absolute Gasteiger partial charge is 0.324 e. The summed E-state index contributed by atoms with van der Waals surface area (Å²) in [7, 11) is 0. The summed E-state index contributed by atoms with van der Waals surface area (Å²) in [6.45, 7) is 0. The lowest BCUT2D eigenvalue weighted by molar-refractivity contribution is -0.137. The van der Waals surface area contributed by atoms with Crippen LogP contribution in [0, 0.1) is 0 Å². The summed E-state index contributed by atoms with van der Waals surface area (Å²) in [6, 6.07) is 2.94. The fourth-order valence-corrected chi connectivity index (χ4v) is 1.35. The van der Waals surface area contributed by atoms with Crippen LogP contribution in [-0.4, -0.2) is 10.7 Å². The average Bonchev–Trinajstić information content (AvgIpc) is 2.19. The molecule has 1 amide bonds. The second-order valence-corrected chi connectivity index (χ2v) is 4.49. The predicted octanol–water partition coefficient (Wildman–Crippen LogP) is 4.10. The second kappa shape index (κ2) is 5.33. The van der Waals surface area contributed by atoms with Gasteiger partial charge < -0.3 is 5.32 Å². The topological polar surface area (TPSA) is 29.1 Å². The molecule has 8 heteroatoms. The third kappa shape index (κ3) is 3.94. The van der Waals surface area contributed by atoms with Crippen molar-refractivity contribution in [2.45, 2.75) is 11.0 Å². The quantitative estimate of drug-likeness (QED) is 0.819. The van der Waals surface area contributed by atoms with Crippen LogP contribution in [-0.2, 0) is 11.0 Å². The largest absolute Gasteiger partial charge is 0.417 e. The van der Waals surface area contributed by atoms with Crippen molar-refractivity contribution in [3.8, 4) is 0 Å². The number of nitrogens with one attached hydrogen (secondary N) is 1. The number of alkyl halides is 5. The van der Waals surface area contributed by atoms with E-state index in [2.05, 4.69) is 5.32 Å². The summed E-state index contributed by atoms with van der Waals surface area (Å²) < 4.78 is 37.4. The zero-order valence-electron chi connectivity index (χ0n) is 7.99. The van der Waals surface area contributed by atoms with Gasteiger partial charge in [-0.1, -0.05) is 34.8 Å². The van der Waals surface area contributed by atoms with E-state index in [0.29, 0.717) is 6.07 Å². The van der Waals surface area contributed by atoms with Crippen molar-refractivity contribution in [3.05, 3.63) is 28.8 Å². The highest BCUT2D eigenvalue weighted by Gasteiger charge is 2.33. The van der Waals surface area contributed by atoms with Crippen LogP contribution in [0.4, 0.5) is 18.9 Å². The van der Waals surface area contributed by atoms with Crippen molar-refractivity contribution in [1.29, 1.82) is 0 Å². The minimum atomic E-state index is -4.60. The van der Waals surface area contributed by atoms with Crippen molar-refractivity contribution in [3.63, 3.8) is 0 Å². The molecule has 0 aliphatic carbocycles. The molecule has 17 heavy (non-hydrogen) atoms. The molecule has 2 nitrogen and oxygen atoms in total. The molecule has 0 fully saturated rings. The van der Waals surface area contributed by atoms with Crippen molar-refractivity contribution in [1.82, 2.24) is 0 Å². The number of amides is 1. The molecule has 1 rings (SSSR count). The zero-order chi connectivity index (χ0) is 13.2. The molecule has 0 bridgehead atoms. The Hall–Kier alpha value is -0.650. The van der Waals surface area contributed by atoms with Gasteiger partial charge in [-0.05, 0) is 18.2 Å². The number of benzene rings is 1. The van der Waals surface area contributed by atoms with E-state index in [9.17, 15) is 18.0 Å². The molecular weight excluding hydrogens is 301 g/mol. The van der Waals surface area contributed by atoms with Gasteiger partial charge in [0.05, 0.1) is 10.6 Å². The fraction of sp³-hybridized carbons (Fsp3) is 0.222. The summed E-state index contributed by atoms with van der Waals surface area (Å²) in [5.74, 6) is -0.816. The Morgan fingerprint density at radius 2 is 1.88 bits per heavy atom. The predicted molar refractivity (Wildman–Crippen MR) is 60.6 cm³/mol. The van der Waals surface area contributed by atoms with E-state index in [0.717, 1.165) is 6.07 Å². The molecule has 0 atom stereocenters. The zero-order valence-corrected chi connectivity index (χ0v) is 10.3. The number of carbonyl (C=O) groups is 1. The second-order valence-electron chi connectivity index (χ2n) is 2.98. The molecule has 0 aromatic heterocycles. The molecule has 0 saturated heterocycles. The standard InChI is InChI=1S/C9H5Cl3F3NO/c10-6-2-1-4(16-8(17)7(11)12)3-5(6)9(13,14)15/h1-3,7H,(H,16,17). The van der Waals surface area contributed by atoms with Crippen LogP contribution < -0.4 is 5.32 Å². The molecule has 0 aliphatic heterocycles. The molecule has 1 aromatic carbocycles. The van der Waals surface area contributed by atoms with Gasteiger partial charge in [0.1, 0.15) is 0 Å². The summed E-state index contributed by atoms with van der Waals surface area (Å²) in [6.07, 6.45) is -4.60. The Bertz CT molecular complexity index is 434. The Balaban J connectivity index is 3.01. The average molecular weight is 306 g/mol. The van der Waals surface area contributed by atoms with Crippen molar-refractivity contribution in [2.24, 2.45) is 0 Å². The normalized spacial score (nSPS) is 11.7. The van der Waals surface area contributed by atoms with Crippen LogP contribution in [0.1, 0.15) is 5.56 Å². The number of anilines is 1. The highest BCUT2D eigenvalue weighted by molar-refractivity contribution is 6.54. The molecule has 0 heterocycles. The Kier molecular flexibility index (Phi) is 4.52. The molecule has 1 N–H and O–H groups in total. The van der Waals surface area contributed by atoms with E-state index < -0.39 is 27.5 Å². The molecule has 0 radical (unpaired) electrons. The van der Waals surface area contributed by atoms with Crippen LogP contribution in [0.25, 0.3) is 0 Å². The maximum absolute atomic E-state index is 12.5. The first-order chi connectivity index (χ1) is 7.71. The highest BCUT2D eigenvalue weighted by atomic mass is 35.5. The molecule has 94 valence electrons. The minimum Gasteiger partial charge on any atom is -0.324 e. The number of carbonyl (C=O) groups excluding carboxylic acids is 1. The summed E-state index contributed by atoms with van der Waals surface area (Å²) >= 11 is 15.9. The van der Waals surface area contributed by atoms with Crippen LogP contribution in [0.5, 0.6) is 0 Å². The Morgan fingerprint density at radius 3 is 2.35 bits per heavy atom. The maximum Gasteiger partial charge on any atom is 0.417 e. The molecule has 0 spiro atoms. The summed E-state index contributed by atoms with van der Waals surface area (Å²) in [5, 5.41) is 1.66. The molecule has 0 saturated carbocycles. The van der Waals surface area contributed by atoms with E-state index >= 15 is 0 Å². The van der Waals surface area contributed by atoms with Crippen LogP contribution in [0.3, 0.4) is 0 Å². The van der Waals surface area contributed by atoms with E-state index in [1.165, 1.54) is 6.07 Å². The number of hydrogen-bond acceptors (Lipinski definition) is 1. The van der Waals surface area contributed by atoms with Crippen LogP contribution in [0.15, 0.2) is 18.2 Å². The van der Waals surface area contributed by atoms with Gasteiger partial charge in [0.2, 0.25) is 0 Å². The van der Waals surface area contributed by atoms with E-state index in [1.54, 1.807) is 0 Å². The highest BCUT2D eigenvalue weighted by Crippen LogP contribution is 2.36. The lowest BCUT2D eigenvalue weighted by Crippen LogP contribution is -2.19. The van der Waals surface area contributed by atoms with E-state index in [-0.39, 0.29) is 5.69 Å². The summed E-state index contributed by atoms with van der Waals surface area (Å²) in [4.78, 5) is 9.71. The van der Waals surface area contributed by atoms with E-state index in [1.807, 2.05) is 0 Å². The molecular formula is C9H5Cl3F3NO. The third-order valence-corrected chi connectivity index (χ3v) is 2.46. The van der Waals surface area contributed by atoms with Gasteiger partial charge in [-0.2, -0.15) is 13.2 Å². The maximum atomic E-state index is 12.5. The minimum absolute atomic E-state index is 0.0852. The lowest BCUT2D eigenvalue weighted by Gasteiger charge is -2.11. The van der Waals surface area contributed by atoms with Gasteiger partial charge in [0, 0.05) is 5.69 Å². The van der Waals surface area contributed by atoms with Crippen molar-refractivity contribution >= 4 is 46.4 Å².